The summed E-state index contributed by atoms with van der Waals surface area (Å²) in [5.74, 6) is 0. The molecule has 3 nitrogen and oxygen atoms in total. The van der Waals surface area contributed by atoms with Gasteiger partial charge in [0.25, 0.3) is 0 Å². The van der Waals surface area contributed by atoms with Gasteiger partial charge in [-0.2, -0.15) is 5.06 Å². The number of hydrogen-bond acceptors (Lipinski definition) is 3. The zero-order chi connectivity index (χ0) is 10.0. The van der Waals surface area contributed by atoms with Gasteiger partial charge in [0.05, 0.1) is 0 Å². The molecule has 3 heteroatoms. The Morgan fingerprint density at radius 1 is 1.14 bits per heavy atom. The summed E-state index contributed by atoms with van der Waals surface area (Å²) in [4.78, 5) is 0. The van der Waals surface area contributed by atoms with Gasteiger partial charge in [0.2, 0.25) is 0 Å². The van der Waals surface area contributed by atoms with Gasteiger partial charge in [-0.05, 0) is 19.3 Å². The number of hydroxylamine groups is 2. The Morgan fingerprint density at radius 2 is 1.86 bits per heavy atom. The molecule has 1 unspecified atom stereocenters. The molecule has 14 heavy (non-hydrogen) atoms. The van der Waals surface area contributed by atoms with Gasteiger partial charge in [0.1, 0.15) is 0 Å². The molecule has 1 aromatic carbocycles. The highest BCUT2D eigenvalue weighted by Gasteiger charge is 2.37. The van der Waals surface area contributed by atoms with Gasteiger partial charge < -0.3 is 10.3 Å². The van der Waals surface area contributed by atoms with Crippen LogP contribution in [0.25, 0.3) is 0 Å². The van der Waals surface area contributed by atoms with E-state index >= 15 is 0 Å². The van der Waals surface area contributed by atoms with E-state index in [9.17, 15) is 10.3 Å². The summed E-state index contributed by atoms with van der Waals surface area (Å²) in [7, 11) is 0. The predicted octanol–water partition coefficient (Wildman–Crippen LogP) is 1.71. The van der Waals surface area contributed by atoms with Crippen LogP contribution >= 0.6 is 0 Å². The second-order valence-electron chi connectivity index (χ2n) is 3.76. The SMILES string of the molecule is ON1CCCCC1(O)c1ccccc1. The molecule has 1 aliphatic heterocycles. The monoisotopic (exact) mass is 193 g/mol. The van der Waals surface area contributed by atoms with Crippen LogP contribution in [0, 0.1) is 0 Å². The lowest BCUT2D eigenvalue weighted by molar-refractivity contribution is -0.285. The van der Waals surface area contributed by atoms with Crippen molar-refractivity contribution < 1.29 is 10.3 Å². The number of piperidine rings is 1. The number of nitrogens with zero attached hydrogens (tertiary/aromatic N) is 1. The fraction of sp³-hybridized carbons (Fsp3) is 0.455. The van der Waals surface area contributed by atoms with E-state index in [0.717, 1.165) is 23.5 Å². The predicted molar refractivity (Wildman–Crippen MR) is 52.7 cm³/mol. The van der Waals surface area contributed by atoms with Crippen molar-refractivity contribution in [2.75, 3.05) is 6.54 Å². The normalized spacial score (nSPS) is 29.0. The minimum Gasteiger partial charge on any atom is -0.369 e. The first-order valence-electron chi connectivity index (χ1n) is 4.98. The average molecular weight is 193 g/mol. The lowest BCUT2D eigenvalue weighted by Gasteiger charge is -2.39. The standard InChI is InChI=1S/C11H15NO2/c13-11(8-4-5-9-12(11)14)10-6-2-1-3-7-10/h1-3,6-7,13-14H,4-5,8-9H2. The molecule has 0 bridgehead atoms. The molecule has 0 spiro atoms. The van der Waals surface area contributed by atoms with Crippen molar-refractivity contribution in [1.29, 1.82) is 0 Å². The highest BCUT2D eigenvalue weighted by molar-refractivity contribution is 5.21. The Labute approximate surface area is 83.6 Å². The molecule has 1 heterocycles. The summed E-state index contributed by atoms with van der Waals surface area (Å²) in [6.07, 6.45) is 2.47. The van der Waals surface area contributed by atoms with Crippen molar-refractivity contribution in [3.63, 3.8) is 0 Å². The summed E-state index contributed by atoms with van der Waals surface area (Å²) in [5, 5.41) is 21.0. The summed E-state index contributed by atoms with van der Waals surface area (Å²) in [6.45, 7) is 0.533. The van der Waals surface area contributed by atoms with Gasteiger partial charge in [-0.15, -0.1) is 0 Å². The fourth-order valence-electron chi connectivity index (χ4n) is 1.95. The van der Waals surface area contributed by atoms with E-state index in [1.165, 1.54) is 0 Å². The first-order chi connectivity index (χ1) is 6.73. The molecule has 1 saturated heterocycles. The third kappa shape index (κ3) is 1.54. The maximum absolute atomic E-state index is 10.3. The van der Waals surface area contributed by atoms with Crippen LogP contribution in [0.1, 0.15) is 24.8 Å². The summed E-state index contributed by atoms with van der Waals surface area (Å²) < 4.78 is 0. The zero-order valence-electron chi connectivity index (χ0n) is 8.06. The number of benzene rings is 1. The van der Waals surface area contributed by atoms with Crippen molar-refractivity contribution in [1.82, 2.24) is 5.06 Å². The molecule has 1 atom stereocenters. The molecule has 0 saturated carbocycles. The summed E-state index contributed by atoms with van der Waals surface area (Å²) >= 11 is 0. The van der Waals surface area contributed by atoms with Crippen molar-refractivity contribution >= 4 is 0 Å². The molecule has 2 N–H and O–H groups in total. The Balaban J connectivity index is 2.30. The van der Waals surface area contributed by atoms with Crippen LogP contribution in [0.4, 0.5) is 0 Å². The Kier molecular flexibility index (Phi) is 2.54. The third-order valence-corrected chi connectivity index (χ3v) is 2.81. The first-order valence-corrected chi connectivity index (χ1v) is 4.98. The van der Waals surface area contributed by atoms with Gasteiger partial charge >= 0.3 is 0 Å². The molecule has 1 aliphatic rings. The third-order valence-electron chi connectivity index (χ3n) is 2.81. The number of aliphatic hydroxyl groups is 1. The highest BCUT2D eigenvalue weighted by Crippen LogP contribution is 2.33. The molecule has 1 aromatic rings. The van der Waals surface area contributed by atoms with Gasteiger partial charge in [0.15, 0.2) is 5.72 Å². The van der Waals surface area contributed by atoms with E-state index in [4.69, 9.17) is 0 Å². The summed E-state index contributed by atoms with van der Waals surface area (Å²) in [5.41, 5.74) is -0.415. The van der Waals surface area contributed by atoms with Crippen LogP contribution in [0.2, 0.25) is 0 Å². The van der Waals surface area contributed by atoms with Crippen LogP contribution in [0.15, 0.2) is 30.3 Å². The summed E-state index contributed by atoms with van der Waals surface area (Å²) in [6, 6.07) is 9.33. The smallest absolute Gasteiger partial charge is 0.166 e. The van der Waals surface area contributed by atoms with E-state index < -0.39 is 5.72 Å². The minimum atomic E-state index is -1.18. The van der Waals surface area contributed by atoms with E-state index in [-0.39, 0.29) is 0 Å². The second kappa shape index (κ2) is 3.69. The van der Waals surface area contributed by atoms with Crippen molar-refractivity contribution in [3.05, 3.63) is 35.9 Å². The molecular formula is C11H15NO2. The lowest BCUT2D eigenvalue weighted by atomic mass is 9.93. The van der Waals surface area contributed by atoms with Crippen molar-refractivity contribution in [2.24, 2.45) is 0 Å². The van der Waals surface area contributed by atoms with Crippen LogP contribution < -0.4 is 0 Å². The number of hydrogen-bond donors (Lipinski definition) is 2. The van der Waals surface area contributed by atoms with Crippen LogP contribution in [-0.2, 0) is 5.72 Å². The Bertz CT molecular complexity index is 301. The molecule has 0 amide bonds. The van der Waals surface area contributed by atoms with Gasteiger partial charge in [0, 0.05) is 12.1 Å². The van der Waals surface area contributed by atoms with Gasteiger partial charge in [-0.25, -0.2) is 0 Å². The van der Waals surface area contributed by atoms with Crippen LogP contribution in [-0.4, -0.2) is 21.9 Å². The van der Waals surface area contributed by atoms with E-state index in [1.54, 1.807) is 0 Å². The Hall–Kier alpha value is -0.900. The topological polar surface area (TPSA) is 43.7 Å². The molecule has 1 fully saturated rings. The first kappa shape index (κ1) is 9.65. The fourth-order valence-corrected chi connectivity index (χ4v) is 1.95. The van der Waals surface area contributed by atoms with E-state index in [1.807, 2.05) is 30.3 Å². The maximum Gasteiger partial charge on any atom is 0.166 e. The molecular weight excluding hydrogens is 178 g/mol. The van der Waals surface area contributed by atoms with Gasteiger partial charge in [-0.1, -0.05) is 30.3 Å². The van der Waals surface area contributed by atoms with Gasteiger partial charge in [-0.3, -0.25) is 0 Å². The van der Waals surface area contributed by atoms with E-state index in [0.29, 0.717) is 13.0 Å². The molecule has 2 rings (SSSR count). The number of rotatable bonds is 1. The zero-order valence-corrected chi connectivity index (χ0v) is 8.06. The lowest BCUT2D eigenvalue weighted by Crippen LogP contribution is -2.47. The highest BCUT2D eigenvalue weighted by atomic mass is 16.5. The second-order valence-corrected chi connectivity index (χ2v) is 3.76. The maximum atomic E-state index is 10.3. The quantitative estimate of drug-likeness (QED) is 0.713. The average Bonchev–Trinajstić information content (AvgIpc) is 2.24. The largest absolute Gasteiger partial charge is 0.369 e. The molecule has 0 aromatic heterocycles. The Morgan fingerprint density at radius 3 is 2.50 bits per heavy atom. The minimum absolute atomic E-state index is 0.533. The van der Waals surface area contributed by atoms with Crippen molar-refractivity contribution in [2.45, 2.75) is 25.0 Å². The molecule has 0 aliphatic carbocycles. The van der Waals surface area contributed by atoms with Crippen molar-refractivity contribution in [3.8, 4) is 0 Å². The molecule has 76 valence electrons. The molecule has 0 radical (unpaired) electrons. The van der Waals surface area contributed by atoms with Crippen LogP contribution in [0.3, 0.4) is 0 Å². The van der Waals surface area contributed by atoms with Crippen LogP contribution in [0.5, 0.6) is 0 Å². The van der Waals surface area contributed by atoms with E-state index in [2.05, 4.69) is 0 Å².